The number of benzene rings is 1. The summed E-state index contributed by atoms with van der Waals surface area (Å²) in [5.74, 6) is 1.30. The summed E-state index contributed by atoms with van der Waals surface area (Å²) in [6, 6.07) is 6.08. The minimum Gasteiger partial charge on any atom is -0.299 e. The van der Waals surface area contributed by atoms with Crippen molar-refractivity contribution >= 4 is 30.3 Å². The fraction of sp³-hybridized carbons (Fsp3) is 0.182. The van der Waals surface area contributed by atoms with Gasteiger partial charge in [-0.1, -0.05) is 0 Å². The van der Waals surface area contributed by atoms with Gasteiger partial charge >= 0.3 is 0 Å². The Morgan fingerprint density at radius 2 is 2.00 bits per heavy atom. The van der Waals surface area contributed by atoms with Crippen LogP contribution in [-0.4, -0.2) is 25.9 Å². The first-order valence-corrected chi connectivity index (χ1v) is 5.47. The molecule has 2 rings (SSSR count). The van der Waals surface area contributed by atoms with Crippen LogP contribution >= 0.6 is 12.4 Å². The van der Waals surface area contributed by atoms with Crippen LogP contribution in [0, 0.1) is 17.0 Å². The Bertz CT molecular complexity index is 622. The van der Waals surface area contributed by atoms with E-state index in [1.54, 1.807) is 22.9 Å². The Balaban J connectivity index is 0.00000200. The molecule has 1 aromatic heterocycles. The molecular weight excluding hydrogens is 284 g/mol. The summed E-state index contributed by atoms with van der Waals surface area (Å²) in [5, 5.41) is 22.2. The number of hydrazone groups is 1. The molecule has 0 atom stereocenters. The predicted molar refractivity (Wildman–Crippen MR) is 77.3 cm³/mol. The van der Waals surface area contributed by atoms with Gasteiger partial charge in [0, 0.05) is 19.2 Å². The van der Waals surface area contributed by atoms with Gasteiger partial charge in [-0.25, -0.2) is 5.43 Å². The van der Waals surface area contributed by atoms with Crippen molar-refractivity contribution in [1.82, 2.24) is 14.8 Å². The summed E-state index contributed by atoms with van der Waals surface area (Å²) in [7, 11) is 1.82. The van der Waals surface area contributed by atoms with Crippen LogP contribution in [0.15, 0.2) is 29.4 Å². The molecule has 0 aliphatic carbocycles. The van der Waals surface area contributed by atoms with Crippen LogP contribution in [0.3, 0.4) is 0 Å². The van der Waals surface area contributed by atoms with E-state index in [1.807, 2.05) is 14.0 Å². The Labute approximate surface area is 121 Å². The molecule has 2 aromatic rings. The number of nitro groups is 1. The molecule has 1 heterocycles. The van der Waals surface area contributed by atoms with E-state index in [9.17, 15) is 10.1 Å². The summed E-state index contributed by atoms with van der Waals surface area (Å²) in [5.41, 5.74) is 3.54. The maximum atomic E-state index is 10.5. The number of aryl methyl sites for hydroxylation is 1. The van der Waals surface area contributed by atoms with Crippen molar-refractivity contribution in [2.24, 2.45) is 12.1 Å². The first kappa shape index (κ1) is 15.6. The second-order valence-electron chi connectivity index (χ2n) is 3.85. The molecule has 9 heteroatoms. The van der Waals surface area contributed by atoms with E-state index in [0.29, 0.717) is 5.95 Å². The number of nitro benzene ring substituents is 1. The second-order valence-corrected chi connectivity index (χ2v) is 3.85. The SMILES string of the molecule is Cc1nnc(NN=Cc2ccc([N+](=O)[O-])cc2)n1C.Cl. The van der Waals surface area contributed by atoms with Gasteiger partial charge in [-0.05, 0) is 24.6 Å². The molecule has 0 spiro atoms. The summed E-state index contributed by atoms with van der Waals surface area (Å²) in [6.45, 7) is 1.83. The Morgan fingerprint density at radius 3 is 2.50 bits per heavy atom. The normalized spacial score (nSPS) is 10.3. The molecule has 8 nitrogen and oxygen atoms in total. The van der Waals surface area contributed by atoms with Crippen LogP contribution in [0.1, 0.15) is 11.4 Å². The van der Waals surface area contributed by atoms with Gasteiger partial charge in [0.2, 0.25) is 5.95 Å². The maximum Gasteiger partial charge on any atom is 0.269 e. The summed E-state index contributed by atoms with van der Waals surface area (Å²) in [6.07, 6.45) is 1.55. The third-order valence-corrected chi connectivity index (χ3v) is 2.57. The topological polar surface area (TPSA) is 98.2 Å². The highest BCUT2D eigenvalue weighted by Gasteiger charge is 2.03. The summed E-state index contributed by atoms with van der Waals surface area (Å²) in [4.78, 5) is 10.0. The number of aromatic nitrogens is 3. The molecule has 20 heavy (non-hydrogen) atoms. The van der Waals surface area contributed by atoms with Gasteiger partial charge < -0.3 is 0 Å². The van der Waals surface area contributed by atoms with Crippen molar-refractivity contribution in [3.05, 3.63) is 45.8 Å². The standard InChI is InChI=1S/C11H12N6O2.ClH/c1-8-13-15-11(16(8)2)14-12-7-9-3-5-10(6-4-9)17(18)19;/h3-7H,1-2H3,(H,14,15);1H. The van der Waals surface area contributed by atoms with Crippen molar-refractivity contribution in [1.29, 1.82) is 0 Å². The Kier molecular flexibility index (Phi) is 5.15. The van der Waals surface area contributed by atoms with Gasteiger partial charge in [-0.15, -0.1) is 22.6 Å². The van der Waals surface area contributed by atoms with Gasteiger partial charge in [-0.2, -0.15) is 5.10 Å². The van der Waals surface area contributed by atoms with Crippen LogP contribution in [0.4, 0.5) is 11.6 Å². The molecule has 0 saturated heterocycles. The van der Waals surface area contributed by atoms with Gasteiger partial charge in [0.1, 0.15) is 5.82 Å². The van der Waals surface area contributed by atoms with Crippen molar-refractivity contribution < 1.29 is 4.92 Å². The Morgan fingerprint density at radius 1 is 1.35 bits per heavy atom. The first-order chi connectivity index (χ1) is 9.08. The first-order valence-electron chi connectivity index (χ1n) is 5.47. The molecule has 0 aliphatic rings. The molecule has 0 saturated carbocycles. The van der Waals surface area contributed by atoms with E-state index in [-0.39, 0.29) is 18.1 Å². The van der Waals surface area contributed by atoms with Crippen LogP contribution < -0.4 is 5.43 Å². The fourth-order valence-electron chi connectivity index (χ4n) is 1.35. The van der Waals surface area contributed by atoms with E-state index >= 15 is 0 Å². The van der Waals surface area contributed by atoms with Crippen molar-refractivity contribution in [2.75, 3.05) is 5.43 Å². The van der Waals surface area contributed by atoms with Gasteiger partial charge in [0.05, 0.1) is 11.1 Å². The zero-order chi connectivity index (χ0) is 13.8. The van der Waals surface area contributed by atoms with Crippen molar-refractivity contribution in [3.63, 3.8) is 0 Å². The molecule has 106 valence electrons. The molecule has 0 fully saturated rings. The molecular formula is C11H13ClN6O2. The average Bonchev–Trinajstić information content (AvgIpc) is 2.71. The number of nitrogens with one attached hydrogen (secondary N) is 1. The number of hydrogen-bond donors (Lipinski definition) is 1. The highest BCUT2D eigenvalue weighted by Crippen LogP contribution is 2.10. The fourth-order valence-corrected chi connectivity index (χ4v) is 1.35. The molecule has 0 unspecified atom stereocenters. The zero-order valence-corrected chi connectivity index (χ0v) is 11.7. The number of halogens is 1. The number of rotatable bonds is 4. The molecule has 0 bridgehead atoms. The van der Waals surface area contributed by atoms with E-state index in [0.717, 1.165) is 11.4 Å². The van der Waals surface area contributed by atoms with Crippen molar-refractivity contribution in [2.45, 2.75) is 6.92 Å². The zero-order valence-electron chi connectivity index (χ0n) is 10.8. The lowest BCUT2D eigenvalue weighted by atomic mass is 10.2. The highest BCUT2D eigenvalue weighted by atomic mass is 35.5. The van der Waals surface area contributed by atoms with E-state index in [2.05, 4.69) is 20.7 Å². The molecule has 1 N–H and O–H groups in total. The van der Waals surface area contributed by atoms with E-state index in [1.165, 1.54) is 12.1 Å². The number of hydrogen-bond acceptors (Lipinski definition) is 6. The quantitative estimate of drug-likeness (QED) is 0.528. The molecule has 0 aliphatic heterocycles. The van der Waals surface area contributed by atoms with Crippen molar-refractivity contribution in [3.8, 4) is 0 Å². The Hall–Kier alpha value is -2.48. The van der Waals surface area contributed by atoms with E-state index in [4.69, 9.17) is 0 Å². The average molecular weight is 297 g/mol. The summed E-state index contributed by atoms with van der Waals surface area (Å²) >= 11 is 0. The highest BCUT2D eigenvalue weighted by molar-refractivity contribution is 5.85. The molecule has 1 aromatic carbocycles. The lowest BCUT2D eigenvalue weighted by molar-refractivity contribution is -0.384. The largest absolute Gasteiger partial charge is 0.299 e. The monoisotopic (exact) mass is 296 g/mol. The number of nitrogens with zero attached hydrogens (tertiary/aromatic N) is 5. The minimum atomic E-state index is -0.443. The maximum absolute atomic E-state index is 10.5. The molecule has 0 amide bonds. The number of non-ortho nitro benzene ring substituents is 1. The van der Waals surface area contributed by atoms with E-state index < -0.39 is 4.92 Å². The lowest BCUT2D eigenvalue weighted by Crippen LogP contribution is -2.00. The summed E-state index contributed by atoms with van der Waals surface area (Å²) < 4.78 is 1.76. The van der Waals surface area contributed by atoms with Gasteiger partial charge in [0.15, 0.2) is 0 Å². The van der Waals surface area contributed by atoms with Crippen LogP contribution in [-0.2, 0) is 7.05 Å². The van der Waals surface area contributed by atoms with Crippen LogP contribution in [0.5, 0.6) is 0 Å². The molecule has 0 radical (unpaired) electrons. The smallest absolute Gasteiger partial charge is 0.269 e. The van der Waals surface area contributed by atoms with Crippen LogP contribution in [0.2, 0.25) is 0 Å². The third-order valence-electron chi connectivity index (χ3n) is 2.57. The lowest BCUT2D eigenvalue weighted by Gasteiger charge is -1.99. The minimum absolute atomic E-state index is 0. The second kappa shape index (κ2) is 6.62. The van der Waals surface area contributed by atoms with Gasteiger partial charge in [-0.3, -0.25) is 14.7 Å². The predicted octanol–water partition coefficient (Wildman–Crippen LogP) is 1.90. The van der Waals surface area contributed by atoms with Crippen LogP contribution in [0.25, 0.3) is 0 Å². The van der Waals surface area contributed by atoms with Gasteiger partial charge in [0.25, 0.3) is 5.69 Å². The third kappa shape index (κ3) is 3.51. The number of anilines is 1.